The molecule has 0 spiro atoms. The molecule has 1 aromatic carbocycles. The van der Waals surface area contributed by atoms with E-state index in [1.54, 1.807) is 31.4 Å². The molecule has 1 saturated carbocycles. The first kappa shape index (κ1) is 14.3. The summed E-state index contributed by atoms with van der Waals surface area (Å²) in [7, 11) is 1.55. The van der Waals surface area contributed by atoms with E-state index in [0.717, 1.165) is 12.8 Å². The van der Waals surface area contributed by atoms with Crippen LogP contribution in [0.25, 0.3) is 0 Å². The van der Waals surface area contributed by atoms with Crippen molar-refractivity contribution in [3.05, 3.63) is 29.8 Å². The Morgan fingerprint density at radius 1 is 1.20 bits per heavy atom. The highest BCUT2D eigenvalue weighted by molar-refractivity contribution is 7.80. The first-order chi connectivity index (χ1) is 9.60. The van der Waals surface area contributed by atoms with Gasteiger partial charge in [-0.2, -0.15) is 0 Å². The number of ether oxygens (including phenoxy) is 1. The zero-order valence-electron chi connectivity index (χ0n) is 10.9. The number of rotatable bonds is 3. The summed E-state index contributed by atoms with van der Waals surface area (Å²) in [6, 6.07) is 6.61. The van der Waals surface area contributed by atoms with E-state index in [0.29, 0.717) is 11.3 Å². The molecule has 2 amide bonds. The topological polar surface area (TPSA) is 79.5 Å². The number of carbonyl (C=O) groups excluding carboxylic acids is 2. The Bertz CT molecular complexity index is 526. The molecule has 0 radical (unpaired) electrons. The van der Waals surface area contributed by atoms with Crippen molar-refractivity contribution in [1.82, 2.24) is 16.2 Å². The third-order valence-electron chi connectivity index (χ3n) is 2.83. The lowest BCUT2D eigenvalue weighted by molar-refractivity contribution is -0.122. The predicted octanol–water partition coefficient (Wildman–Crippen LogP) is 0.741. The average molecular weight is 293 g/mol. The molecule has 1 aliphatic carbocycles. The van der Waals surface area contributed by atoms with Gasteiger partial charge in [-0.3, -0.25) is 25.8 Å². The maximum atomic E-state index is 11.9. The molecule has 3 N–H and O–H groups in total. The molecule has 0 saturated heterocycles. The van der Waals surface area contributed by atoms with Crippen LogP contribution < -0.4 is 20.9 Å². The van der Waals surface area contributed by atoms with E-state index in [4.69, 9.17) is 17.0 Å². The maximum Gasteiger partial charge on any atom is 0.257 e. The standard InChI is InChI=1S/C13H15N3O3S/c1-19-10-6-4-8(5-7-10)11(17)14-13(20)16-15-12(18)9-2-3-9/h4-7,9H,2-3H2,1H3,(H,15,18)(H2,14,16,17,20). The van der Waals surface area contributed by atoms with Crippen LogP contribution in [0.3, 0.4) is 0 Å². The van der Waals surface area contributed by atoms with Crippen molar-refractivity contribution < 1.29 is 14.3 Å². The summed E-state index contributed by atoms with van der Waals surface area (Å²) in [5, 5.41) is 2.53. The van der Waals surface area contributed by atoms with E-state index >= 15 is 0 Å². The van der Waals surface area contributed by atoms with Gasteiger partial charge >= 0.3 is 0 Å². The molecule has 1 fully saturated rings. The Kier molecular flexibility index (Phi) is 4.52. The molecule has 106 valence electrons. The largest absolute Gasteiger partial charge is 0.497 e. The van der Waals surface area contributed by atoms with Gasteiger partial charge in [-0.25, -0.2) is 0 Å². The van der Waals surface area contributed by atoms with Gasteiger partial charge in [-0.1, -0.05) is 0 Å². The number of nitrogens with one attached hydrogen (secondary N) is 3. The van der Waals surface area contributed by atoms with Gasteiger partial charge in [0.2, 0.25) is 5.91 Å². The summed E-state index contributed by atoms with van der Waals surface area (Å²) in [6.45, 7) is 0. The van der Waals surface area contributed by atoms with Crippen molar-refractivity contribution in [1.29, 1.82) is 0 Å². The highest BCUT2D eigenvalue weighted by Gasteiger charge is 2.29. The molecule has 0 atom stereocenters. The van der Waals surface area contributed by atoms with Crippen LogP contribution in [0.5, 0.6) is 5.75 Å². The van der Waals surface area contributed by atoms with Gasteiger partial charge < -0.3 is 4.74 Å². The van der Waals surface area contributed by atoms with Crippen molar-refractivity contribution in [3.8, 4) is 5.75 Å². The van der Waals surface area contributed by atoms with Crippen LogP contribution in [0.15, 0.2) is 24.3 Å². The van der Waals surface area contributed by atoms with Crippen LogP contribution in [0, 0.1) is 5.92 Å². The van der Waals surface area contributed by atoms with Gasteiger partial charge in [0.05, 0.1) is 7.11 Å². The molecular weight excluding hydrogens is 278 g/mol. The van der Waals surface area contributed by atoms with Crippen LogP contribution in [0.2, 0.25) is 0 Å². The van der Waals surface area contributed by atoms with E-state index in [1.807, 2.05) is 0 Å². The number of benzene rings is 1. The fourth-order valence-corrected chi connectivity index (χ4v) is 1.66. The van der Waals surface area contributed by atoms with Gasteiger partial charge in [-0.05, 0) is 49.3 Å². The minimum Gasteiger partial charge on any atom is -0.497 e. The van der Waals surface area contributed by atoms with Gasteiger partial charge in [-0.15, -0.1) is 0 Å². The third kappa shape index (κ3) is 3.92. The molecule has 0 aromatic heterocycles. The second-order valence-corrected chi connectivity index (χ2v) is 4.81. The maximum absolute atomic E-state index is 11.9. The van der Waals surface area contributed by atoms with Gasteiger partial charge in [0.1, 0.15) is 5.75 Å². The van der Waals surface area contributed by atoms with E-state index < -0.39 is 0 Å². The Balaban J connectivity index is 1.80. The fraction of sp³-hybridized carbons (Fsp3) is 0.308. The predicted molar refractivity (Wildman–Crippen MR) is 77.1 cm³/mol. The third-order valence-corrected chi connectivity index (χ3v) is 3.03. The second-order valence-electron chi connectivity index (χ2n) is 4.40. The Morgan fingerprint density at radius 3 is 2.40 bits per heavy atom. The highest BCUT2D eigenvalue weighted by atomic mass is 32.1. The molecule has 1 aliphatic rings. The second kappa shape index (κ2) is 6.33. The Hall–Kier alpha value is -2.15. The van der Waals surface area contributed by atoms with Gasteiger partial charge in [0.25, 0.3) is 5.91 Å². The molecule has 2 rings (SSSR count). The zero-order valence-corrected chi connectivity index (χ0v) is 11.8. The normalized spacial score (nSPS) is 13.2. The molecule has 0 bridgehead atoms. The summed E-state index contributed by atoms with van der Waals surface area (Å²) >= 11 is 4.92. The van der Waals surface area contributed by atoms with E-state index in [2.05, 4.69) is 16.2 Å². The lowest BCUT2D eigenvalue weighted by Crippen LogP contribution is -2.48. The lowest BCUT2D eigenvalue weighted by atomic mass is 10.2. The number of carbonyl (C=O) groups is 2. The first-order valence-corrected chi connectivity index (χ1v) is 6.56. The van der Waals surface area contributed by atoms with Crippen LogP contribution in [-0.2, 0) is 4.79 Å². The van der Waals surface area contributed by atoms with E-state index in [1.165, 1.54) is 0 Å². The van der Waals surface area contributed by atoms with E-state index in [9.17, 15) is 9.59 Å². The summed E-state index contributed by atoms with van der Waals surface area (Å²) in [5.74, 6) is 0.276. The van der Waals surface area contributed by atoms with Crippen molar-refractivity contribution in [2.75, 3.05) is 7.11 Å². The Morgan fingerprint density at radius 2 is 1.85 bits per heavy atom. The lowest BCUT2D eigenvalue weighted by Gasteiger charge is -2.10. The number of hydrazine groups is 1. The van der Waals surface area contributed by atoms with Crippen molar-refractivity contribution in [2.45, 2.75) is 12.8 Å². The summed E-state index contributed by atoms with van der Waals surface area (Å²) < 4.78 is 5.01. The van der Waals surface area contributed by atoms with Crippen molar-refractivity contribution in [3.63, 3.8) is 0 Å². The number of amides is 2. The summed E-state index contributed by atoms with van der Waals surface area (Å²) in [4.78, 5) is 23.2. The molecule has 20 heavy (non-hydrogen) atoms. The minimum absolute atomic E-state index is 0.0554. The summed E-state index contributed by atoms with van der Waals surface area (Å²) in [6.07, 6.45) is 1.80. The molecule has 7 heteroatoms. The number of hydrogen-bond donors (Lipinski definition) is 3. The minimum atomic E-state index is -0.356. The quantitative estimate of drug-likeness (QED) is 0.566. The molecule has 0 unspecified atom stereocenters. The molecule has 0 heterocycles. The zero-order chi connectivity index (χ0) is 14.5. The van der Waals surface area contributed by atoms with Crippen molar-refractivity contribution >= 4 is 29.1 Å². The monoisotopic (exact) mass is 293 g/mol. The van der Waals surface area contributed by atoms with Crippen LogP contribution in [-0.4, -0.2) is 24.0 Å². The van der Waals surface area contributed by atoms with Crippen LogP contribution in [0.4, 0.5) is 0 Å². The van der Waals surface area contributed by atoms with E-state index in [-0.39, 0.29) is 22.8 Å². The Labute approximate surface area is 121 Å². The van der Waals surface area contributed by atoms with Crippen LogP contribution in [0.1, 0.15) is 23.2 Å². The summed E-state index contributed by atoms with van der Waals surface area (Å²) in [5.41, 5.74) is 5.40. The molecular formula is C13H15N3O3S. The fourth-order valence-electron chi connectivity index (χ4n) is 1.51. The van der Waals surface area contributed by atoms with Gasteiger partial charge in [0.15, 0.2) is 5.11 Å². The average Bonchev–Trinajstić information content (AvgIpc) is 3.29. The smallest absolute Gasteiger partial charge is 0.257 e. The molecule has 6 nitrogen and oxygen atoms in total. The van der Waals surface area contributed by atoms with Gasteiger partial charge in [0, 0.05) is 11.5 Å². The SMILES string of the molecule is COc1ccc(C(=O)NC(=S)NNC(=O)C2CC2)cc1. The first-order valence-electron chi connectivity index (χ1n) is 6.15. The molecule has 0 aliphatic heterocycles. The highest BCUT2D eigenvalue weighted by Crippen LogP contribution is 2.28. The molecule has 1 aromatic rings. The number of thiocarbonyl (C=S) groups is 1. The van der Waals surface area contributed by atoms with Crippen molar-refractivity contribution in [2.24, 2.45) is 5.92 Å². The number of hydrogen-bond acceptors (Lipinski definition) is 4. The van der Waals surface area contributed by atoms with Crippen LogP contribution >= 0.6 is 12.2 Å². The number of methoxy groups -OCH3 is 1.